The Balaban J connectivity index is 1.46. The van der Waals surface area contributed by atoms with Crippen LogP contribution >= 0.6 is 11.8 Å². The second-order valence-electron chi connectivity index (χ2n) is 15.5. The molecule has 1 unspecified atom stereocenters. The number of carboxylic acid groups (broad SMARTS) is 1. The van der Waals surface area contributed by atoms with E-state index in [0.717, 1.165) is 29.3 Å². The van der Waals surface area contributed by atoms with Crippen molar-refractivity contribution in [3.05, 3.63) is 70.3 Å². The molecule has 2 amide bonds. The molecule has 4 heterocycles. The third-order valence-corrected chi connectivity index (χ3v) is 12.3. The summed E-state index contributed by atoms with van der Waals surface area (Å²) < 4.78 is 111. The first-order chi connectivity index (χ1) is 27.2. The molecular formula is C40H45F7N4O6S. The highest BCUT2D eigenvalue weighted by Gasteiger charge is 2.58. The zero-order chi connectivity index (χ0) is 42.7. The van der Waals surface area contributed by atoms with Crippen LogP contribution in [0.5, 0.6) is 5.75 Å². The van der Waals surface area contributed by atoms with Gasteiger partial charge in [-0.15, -0.1) is 11.8 Å². The fourth-order valence-electron chi connectivity index (χ4n) is 7.90. The van der Waals surface area contributed by atoms with Crippen molar-refractivity contribution in [1.29, 1.82) is 5.26 Å². The van der Waals surface area contributed by atoms with Gasteiger partial charge in [-0.25, -0.2) is 4.39 Å². The van der Waals surface area contributed by atoms with E-state index in [9.17, 15) is 46.3 Å². The first-order valence-corrected chi connectivity index (χ1v) is 19.9. The number of halogens is 7. The van der Waals surface area contributed by atoms with Crippen LogP contribution in [0.4, 0.5) is 30.7 Å². The van der Waals surface area contributed by atoms with Crippen molar-refractivity contribution < 1.29 is 59.7 Å². The van der Waals surface area contributed by atoms with Crippen molar-refractivity contribution in [3.63, 3.8) is 0 Å². The smallest absolute Gasteiger partial charge is 0.418 e. The van der Waals surface area contributed by atoms with E-state index in [1.54, 1.807) is 26.8 Å². The van der Waals surface area contributed by atoms with Crippen LogP contribution in [0.25, 0.3) is 0 Å². The van der Waals surface area contributed by atoms with Crippen LogP contribution in [0, 0.1) is 22.6 Å². The predicted octanol–water partition coefficient (Wildman–Crippen LogP) is 8.66. The number of allylic oxidation sites excluding steroid dienone is 1. The summed E-state index contributed by atoms with van der Waals surface area (Å²) in [5.41, 5.74) is -6.37. The summed E-state index contributed by atoms with van der Waals surface area (Å²) in [6, 6.07) is 6.94. The summed E-state index contributed by atoms with van der Waals surface area (Å²) in [5.74, 6) is -3.89. The number of rotatable bonds is 13. The highest BCUT2D eigenvalue weighted by molar-refractivity contribution is 8.03. The lowest BCUT2D eigenvalue weighted by molar-refractivity contribution is -0.170. The van der Waals surface area contributed by atoms with Gasteiger partial charge in [0.15, 0.2) is 11.6 Å². The number of benzene rings is 1. The maximum absolute atomic E-state index is 15.3. The van der Waals surface area contributed by atoms with Gasteiger partial charge in [-0.3, -0.25) is 19.4 Å². The normalized spacial score (nSPS) is 22.5. The maximum Gasteiger partial charge on any atom is 0.418 e. The lowest BCUT2D eigenvalue weighted by atomic mass is 9.72. The number of nitrogens with zero attached hydrogens (tertiary/aromatic N) is 4. The summed E-state index contributed by atoms with van der Waals surface area (Å²) in [6.45, 7) is 4.50. The quantitative estimate of drug-likeness (QED) is 0.155. The Labute approximate surface area is 335 Å². The molecule has 58 heavy (non-hydrogen) atoms. The van der Waals surface area contributed by atoms with Crippen molar-refractivity contribution in [2.75, 3.05) is 26.2 Å². The van der Waals surface area contributed by atoms with Crippen molar-refractivity contribution in [2.45, 2.75) is 113 Å². The molecule has 10 nitrogen and oxygen atoms in total. The van der Waals surface area contributed by atoms with Gasteiger partial charge in [-0.2, -0.15) is 31.6 Å². The fourth-order valence-corrected chi connectivity index (χ4v) is 8.78. The predicted molar refractivity (Wildman–Crippen MR) is 198 cm³/mol. The van der Waals surface area contributed by atoms with Gasteiger partial charge in [0.1, 0.15) is 16.7 Å². The Hall–Kier alpha value is -4.53. The number of carbonyl (C=O) groups is 3. The number of carboxylic acids is 1. The molecule has 0 bridgehead atoms. The standard InChI is InChI=1S/C40H45F7N4O6S/c1-4-9-29-38(57-25-22-30(58-23-25)40(45,46)47,14-7-18-51(29)33(52)31-26(39(42,43)44)11-6-17-49-31)34(53)50-19-15-37(24-48,16-20-50)27-10-5-12-28(41)32(27)56-21-8-13-36(2,3)35(54)55/h5-6,10-12,17,23,29-30H,4,7-9,13-16,18-22H2,1-3H3,(H,54,55)/t29-,30?,38+/m1/s1. The van der Waals surface area contributed by atoms with Crippen LogP contribution in [0.15, 0.2) is 47.7 Å². The summed E-state index contributed by atoms with van der Waals surface area (Å²) in [7, 11) is 0. The lowest BCUT2D eigenvalue weighted by Gasteiger charge is -2.51. The van der Waals surface area contributed by atoms with Crippen LogP contribution in [0.1, 0.15) is 100 Å². The average Bonchev–Trinajstić information content (AvgIpc) is 3.66. The number of thioether (sulfide) groups is 1. The van der Waals surface area contributed by atoms with E-state index < -0.39 is 81.4 Å². The Bertz CT molecular complexity index is 1930. The topological polar surface area (TPSA) is 133 Å². The molecule has 1 aromatic heterocycles. The molecule has 5 rings (SSSR count). The minimum atomic E-state index is -4.94. The molecule has 3 aliphatic heterocycles. The van der Waals surface area contributed by atoms with Crippen LogP contribution in [0.2, 0.25) is 0 Å². The number of para-hydroxylation sites is 1. The zero-order valence-electron chi connectivity index (χ0n) is 32.2. The van der Waals surface area contributed by atoms with Gasteiger partial charge < -0.3 is 24.4 Å². The number of ether oxygens (including phenoxy) is 2. The van der Waals surface area contributed by atoms with Crippen molar-refractivity contribution in [2.24, 2.45) is 5.41 Å². The highest BCUT2D eigenvalue weighted by Crippen LogP contribution is 2.47. The Morgan fingerprint density at radius 3 is 2.36 bits per heavy atom. The van der Waals surface area contributed by atoms with Gasteiger partial charge in [0.2, 0.25) is 5.60 Å². The summed E-state index contributed by atoms with van der Waals surface area (Å²) in [6.07, 6.45) is -8.34. The number of hydrogen-bond donors (Lipinski definition) is 1. The van der Waals surface area contributed by atoms with E-state index in [1.807, 2.05) is 0 Å². The molecule has 2 fully saturated rings. The van der Waals surface area contributed by atoms with Crippen molar-refractivity contribution in [3.8, 4) is 11.8 Å². The van der Waals surface area contributed by atoms with E-state index in [0.29, 0.717) is 18.2 Å². The highest BCUT2D eigenvalue weighted by atomic mass is 32.2. The third kappa shape index (κ3) is 9.19. The molecule has 0 saturated carbocycles. The maximum atomic E-state index is 15.3. The summed E-state index contributed by atoms with van der Waals surface area (Å²) in [5, 5.41) is 19.3. The third-order valence-electron chi connectivity index (χ3n) is 11.2. The Kier molecular flexibility index (Phi) is 13.3. The van der Waals surface area contributed by atoms with Gasteiger partial charge in [-0.1, -0.05) is 25.5 Å². The van der Waals surface area contributed by atoms with Crippen LogP contribution < -0.4 is 4.74 Å². The summed E-state index contributed by atoms with van der Waals surface area (Å²) >= 11 is 0.470. The molecule has 0 aliphatic carbocycles. The van der Waals surface area contributed by atoms with Crippen molar-refractivity contribution >= 4 is 29.5 Å². The second kappa shape index (κ2) is 17.4. The van der Waals surface area contributed by atoms with Crippen LogP contribution in [0.3, 0.4) is 0 Å². The number of aromatic nitrogens is 1. The number of alkyl halides is 6. The van der Waals surface area contributed by atoms with Crippen molar-refractivity contribution in [1.82, 2.24) is 14.8 Å². The van der Waals surface area contributed by atoms with E-state index in [1.165, 1.54) is 16.4 Å². The average molecular weight is 843 g/mol. The first-order valence-electron chi connectivity index (χ1n) is 19.0. The fraction of sp³-hybridized carbons (Fsp3) is 0.575. The number of likely N-dealkylation sites (tertiary alicyclic amines) is 2. The van der Waals surface area contributed by atoms with E-state index in [4.69, 9.17) is 9.47 Å². The molecule has 1 aromatic carbocycles. The molecule has 2 aromatic rings. The molecule has 0 radical (unpaired) electrons. The monoisotopic (exact) mass is 842 g/mol. The number of piperidine rings is 2. The molecule has 2 saturated heterocycles. The van der Waals surface area contributed by atoms with Crippen LogP contribution in [-0.4, -0.2) is 87.0 Å². The molecule has 3 atom stereocenters. The Morgan fingerprint density at radius 1 is 1.05 bits per heavy atom. The van der Waals surface area contributed by atoms with Gasteiger partial charge >= 0.3 is 18.3 Å². The minimum absolute atomic E-state index is 0.0319. The van der Waals surface area contributed by atoms with Gasteiger partial charge in [0.05, 0.1) is 35.1 Å². The first kappa shape index (κ1) is 44.6. The van der Waals surface area contributed by atoms with Gasteiger partial charge in [0, 0.05) is 49.6 Å². The molecule has 316 valence electrons. The molecule has 1 N–H and O–H groups in total. The van der Waals surface area contributed by atoms with Gasteiger partial charge in [0.25, 0.3) is 11.8 Å². The van der Waals surface area contributed by atoms with E-state index >= 15 is 9.18 Å². The number of nitriles is 1. The molecule has 18 heteroatoms. The Morgan fingerprint density at radius 2 is 1.76 bits per heavy atom. The SMILES string of the molecule is CCC[C@H]1N(C(=O)c2ncccc2C(F)(F)F)CCC[C@@]1(OC1=CSC(C(F)(F)F)C1)C(=O)N1CCC(C#N)(c2cccc(F)c2OCCCC(C)(C)C(=O)O)CC1. The number of pyridine rings is 1. The van der Waals surface area contributed by atoms with E-state index in [-0.39, 0.29) is 88.3 Å². The molecule has 0 spiro atoms. The lowest BCUT2D eigenvalue weighted by Crippen LogP contribution is -2.67. The second-order valence-corrected chi connectivity index (χ2v) is 16.6. The zero-order valence-corrected chi connectivity index (χ0v) is 33.0. The minimum Gasteiger partial charge on any atom is -0.490 e. The molecule has 3 aliphatic rings. The molecular weight excluding hydrogens is 798 g/mol. The number of carbonyl (C=O) groups excluding carboxylic acids is 2. The number of hydrogen-bond acceptors (Lipinski definition) is 8. The number of aliphatic carboxylic acids is 1. The number of amides is 2. The van der Waals surface area contributed by atoms with E-state index in [2.05, 4.69) is 11.1 Å². The van der Waals surface area contributed by atoms with Gasteiger partial charge in [-0.05, 0) is 70.6 Å². The summed E-state index contributed by atoms with van der Waals surface area (Å²) in [4.78, 5) is 46.9. The largest absolute Gasteiger partial charge is 0.490 e. The van der Waals surface area contributed by atoms with Crippen LogP contribution in [-0.2, 0) is 25.9 Å².